The van der Waals surface area contributed by atoms with Crippen molar-refractivity contribution in [3.63, 3.8) is 0 Å². The van der Waals surface area contributed by atoms with Crippen molar-refractivity contribution < 1.29 is 4.79 Å². The van der Waals surface area contributed by atoms with Gasteiger partial charge in [0.25, 0.3) is 0 Å². The third-order valence-electron chi connectivity index (χ3n) is 6.22. The Balaban J connectivity index is 1.77. The molecule has 1 aliphatic rings. The van der Waals surface area contributed by atoms with Gasteiger partial charge in [-0.3, -0.25) is 4.79 Å². The summed E-state index contributed by atoms with van der Waals surface area (Å²) in [6, 6.07) is 39.1. The molecule has 32 heavy (non-hydrogen) atoms. The normalized spacial score (nSPS) is 12.6. The van der Waals surface area contributed by atoms with Crippen LogP contribution in [0, 0.1) is 0 Å². The summed E-state index contributed by atoms with van der Waals surface area (Å²) in [6.07, 6.45) is 2.09. The van der Waals surface area contributed by atoms with Crippen molar-refractivity contribution in [2.45, 2.75) is 0 Å². The minimum atomic E-state index is 0.0907. The van der Waals surface area contributed by atoms with Gasteiger partial charge in [-0.25, -0.2) is 0 Å². The maximum absolute atomic E-state index is 14.0. The molecule has 0 fully saturated rings. The summed E-state index contributed by atoms with van der Waals surface area (Å²) in [6.45, 7) is 0. The zero-order valence-corrected chi connectivity index (χ0v) is 17.5. The highest BCUT2D eigenvalue weighted by molar-refractivity contribution is 6.41. The molecule has 0 amide bonds. The Kier molecular flexibility index (Phi) is 4.33. The molecule has 0 saturated carbocycles. The highest BCUT2D eigenvalue weighted by atomic mass is 16.1. The number of hydrogen-bond acceptors (Lipinski definition) is 1. The molecule has 5 aromatic carbocycles. The molecule has 0 spiro atoms. The second kappa shape index (κ2) is 7.47. The van der Waals surface area contributed by atoms with E-state index in [0.717, 1.165) is 55.3 Å². The minimum absolute atomic E-state index is 0.0907. The van der Waals surface area contributed by atoms with Gasteiger partial charge in [0.15, 0.2) is 5.78 Å². The van der Waals surface area contributed by atoms with Crippen LogP contribution in [-0.4, -0.2) is 5.78 Å². The van der Waals surface area contributed by atoms with E-state index in [1.807, 2.05) is 54.6 Å². The Hall–Kier alpha value is -4.23. The van der Waals surface area contributed by atoms with Gasteiger partial charge in [-0.15, -0.1) is 0 Å². The van der Waals surface area contributed by atoms with Crippen molar-refractivity contribution in [1.82, 2.24) is 0 Å². The predicted octanol–water partition coefficient (Wildman–Crippen LogP) is 7.91. The molecule has 5 aromatic rings. The van der Waals surface area contributed by atoms with E-state index in [1.165, 1.54) is 0 Å². The summed E-state index contributed by atoms with van der Waals surface area (Å²) in [4.78, 5) is 14.0. The van der Waals surface area contributed by atoms with E-state index in [1.54, 1.807) is 0 Å². The number of ketones is 1. The lowest BCUT2D eigenvalue weighted by atomic mass is 9.84. The molecule has 0 unspecified atom stereocenters. The van der Waals surface area contributed by atoms with E-state index in [9.17, 15) is 4.79 Å². The topological polar surface area (TPSA) is 17.1 Å². The number of rotatable bonds is 3. The lowest BCUT2D eigenvalue weighted by molar-refractivity contribution is 0.106. The molecular weight excluding hydrogens is 388 g/mol. The van der Waals surface area contributed by atoms with Crippen LogP contribution < -0.4 is 0 Å². The van der Waals surface area contributed by atoms with Crippen molar-refractivity contribution in [1.29, 1.82) is 0 Å². The second-order valence-corrected chi connectivity index (χ2v) is 8.07. The van der Waals surface area contributed by atoms with Crippen LogP contribution in [0.25, 0.3) is 44.7 Å². The average molecular weight is 409 g/mol. The van der Waals surface area contributed by atoms with Gasteiger partial charge in [-0.1, -0.05) is 115 Å². The van der Waals surface area contributed by atoms with Crippen LogP contribution in [0.5, 0.6) is 0 Å². The van der Waals surface area contributed by atoms with E-state index < -0.39 is 0 Å². The molecule has 0 bridgehead atoms. The van der Waals surface area contributed by atoms with Crippen LogP contribution in [0.3, 0.4) is 0 Å². The Morgan fingerprint density at radius 3 is 1.41 bits per heavy atom. The maximum Gasteiger partial charge on any atom is 0.194 e. The van der Waals surface area contributed by atoms with E-state index in [0.29, 0.717) is 0 Å². The third-order valence-corrected chi connectivity index (χ3v) is 6.22. The van der Waals surface area contributed by atoms with Gasteiger partial charge in [0.1, 0.15) is 0 Å². The lowest BCUT2D eigenvalue weighted by Crippen LogP contribution is -2.03. The number of benzene rings is 5. The Labute approximate surface area is 187 Å². The molecule has 6 rings (SSSR count). The predicted molar refractivity (Wildman–Crippen MR) is 133 cm³/mol. The molecule has 1 nitrogen and oxygen atoms in total. The Bertz CT molecular complexity index is 1490. The number of fused-ring (bicyclic) bond motifs is 2. The zero-order chi connectivity index (χ0) is 21.5. The summed E-state index contributed by atoms with van der Waals surface area (Å²) in [5, 5.41) is 2.27. The molecule has 150 valence electrons. The molecule has 0 N–H and O–H groups in total. The molecule has 0 heterocycles. The number of carbonyl (C=O) groups is 1. The number of carbonyl (C=O) groups excluding carboxylic acids is 1. The fraction of sp³-hybridized carbons (Fsp3) is 0. The fourth-order valence-corrected chi connectivity index (χ4v) is 4.84. The molecule has 0 atom stereocenters. The first kappa shape index (κ1) is 18.5. The zero-order valence-electron chi connectivity index (χ0n) is 17.5. The molecule has 0 aromatic heterocycles. The van der Waals surface area contributed by atoms with Crippen molar-refractivity contribution >= 4 is 28.2 Å². The molecule has 0 aliphatic heterocycles. The smallest absolute Gasteiger partial charge is 0.194 e. The third kappa shape index (κ3) is 2.83. The summed E-state index contributed by atoms with van der Waals surface area (Å²) in [5.74, 6) is 0.0907. The quantitative estimate of drug-likeness (QED) is 0.296. The van der Waals surface area contributed by atoms with E-state index in [-0.39, 0.29) is 5.78 Å². The van der Waals surface area contributed by atoms with Crippen LogP contribution >= 0.6 is 0 Å². The van der Waals surface area contributed by atoms with Gasteiger partial charge in [-0.2, -0.15) is 0 Å². The van der Waals surface area contributed by atoms with Gasteiger partial charge in [0.2, 0.25) is 0 Å². The minimum Gasteiger partial charge on any atom is -0.289 e. The number of hydrogen-bond donors (Lipinski definition) is 0. The molecular formula is C31H20O. The van der Waals surface area contributed by atoms with Crippen LogP contribution in [0.1, 0.15) is 21.5 Å². The first-order valence-electron chi connectivity index (χ1n) is 10.8. The van der Waals surface area contributed by atoms with Crippen molar-refractivity contribution in [2.24, 2.45) is 0 Å². The fourth-order valence-electron chi connectivity index (χ4n) is 4.84. The summed E-state index contributed by atoms with van der Waals surface area (Å²) in [7, 11) is 0. The van der Waals surface area contributed by atoms with Gasteiger partial charge in [-0.05, 0) is 44.7 Å². The summed E-state index contributed by atoms with van der Waals surface area (Å²) >= 11 is 0. The van der Waals surface area contributed by atoms with Gasteiger partial charge in [0, 0.05) is 16.7 Å². The van der Waals surface area contributed by atoms with Crippen LogP contribution in [0.4, 0.5) is 0 Å². The molecule has 0 saturated heterocycles. The SMILES string of the molecule is O=C1C(c2ccccc2)=Cc2c1c(-c1ccccc1)c1ccccc1c2-c1ccccc1. The van der Waals surface area contributed by atoms with Gasteiger partial charge < -0.3 is 0 Å². The van der Waals surface area contributed by atoms with Gasteiger partial charge >= 0.3 is 0 Å². The van der Waals surface area contributed by atoms with Gasteiger partial charge in [0.05, 0.1) is 0 Å². The molecule has 1 aliphatic carbocycles. The van der Waals surface area contributed by atoms with Crippen LogP contribution in [0.15, 0.2) is 115 Å². The highest BCUT2D eigenvalue weighted by Gasteiger charge is 2.31. The first-order chi connectivity index (χ1) is 15.8. The number of Topliss-reactive ketones (excluding diaryl/α,β-unsaturated/α-hetero) is 1. The van der Waals surface area contributed by atoms with Crippen LogP contribution in [0.2, 0.25) is 0 Å². The largest absolute Gasteiger partial charge is 0.289 e. The second-order valence-electron chi connectivity index (χ2n) is 8.07. The van der Waals surface area contributed by atoms with E-state index >= 15 is 0 Å². The number of allylic oxidation sites excluding steroid dienone is 1. The van der Waals surface area contributed by atoms with Crippen LogP contribution in [-0.2, 0) is 0 Å². The Morgan fingerprint density at radius 2 is 0.844 bits per heavy atom. The molecule has 0 radical (unpaired) electrons. The maximum atomic E-state index is 14.0. The van der Waals surface area contributed by atoms with E-state index in [2.05, 4.69) is 66.7 Å². The summed E-state index contributed by atoms with van der Waals surface area (Å²) in [5.41, 5.74) is 7.85. The standard InChI is InChI=1S/C31H20O/c32-31-26(21-12-4-1-5-13-21)20-27-28(22-14-6-2-7-15-22)24-18-10-11-19-25(24)29(30(27)31)23-16-8-3-9-17-23/h1-20H. The average Bonchev–Trinajstić information content (AvgIpc) is 3.20. The Morgan fingerprint density at radius 1 is 0.406 bits per heavy atom. The monoisotopic (exact) mass is 408 g/mol. The van der Waals surface area contributed by atoms with Crippen molar-refractivity contribution in [3.8, 4) is 22.3 Å². The van der Waals surface area contributed by atoms with E-state index in [4.69, 9.17) is 0 Å². The highest BCUT2D eigenvalue weighted by Crippen LogP contribution is 2.47. The van der Waals surface area contributed by atoms with Crippen molar-refractivity contribution in [3.05, 3.63) is 132 Å². The molecule has 1 heteroatoms. The summed E-state index contributed by atoms with van der Waals surface area (Å²) < 4.78 is 0. The lowest BCUT2D eigenvalue weighted by Gasteiger charge is -2.18. The van der Waals surface area contributed by atoms with Crippen molar-refractivity contribution in [2.75, 3.05) is 0 Å². The first-order valence-corrected chi connectivity index (χ1v) is 10.8.